The van der Waals surface area contributed by atoms with E-state index in [2.05, 4.69) is 4.57 Å². The van der Waals surface area contributed by atoms with Crippen molar-refractivity contribution in [1.82, 2.24) is 4.57 Å². The van der Waals surface area contributed by atoms with Gasteiger partial charge in [0.05, 0.1) is 9.79 Å². The van der Waals surface area contributed by atoms with E-state index in [9.17, 15) is 8.42 Å². The van der Waals surface area contributed by atoms with Crippen molar-refractivity contribution < 1.29 is 8.42 Å². The fraction of sp³-hybridized carbons (Fsp3) is 0.263. The highest BCUT2D eigenvalue weighted by molar-refractivity contribution is 7.91. The van der Waals surface area contributed by atoms with Crippen LogP contribution in [0.2, 0.25) is 0 Å². The van der Waals surface area contributed by atoms with E-state index < -0.39 is 9.84 Å². The molecule has 0 unspecified atom stereocenters. The molecule has 2 aromatic carbocycles. The Bertz CT molecular complexity index is 1010. The van der Waals surface area contributed by atoms with Crippen LogP contribution in [0, 0.1) is 13.8 Å². The molecule has 6 heteroatoms. The van der Waals surface area contributed by atoms with Gasteiger partial charge in [0.25, 0.3) is 0 Å². The Kier molecular flexibility index (Phi) is 5.62. The zero-order valence-corrected chi connectivity index (χ0v) is 16.2. The van der Waals surface area contributed by atoms with E-state index in [1.807, 2.05) is 39.1 Å². The van der Waals surface area contributed by atoms with Crippen LogP contribution in [-0.2, 0) is 23.3 Å². The van der Waals surface area contributed by atoms with E-state index in [4.69, 9.17) is 5.73 Å². The minimum absolute atomic E-state index is 0. The Hall–Kier alpha value is -1.82. The first-order valence-electron chi connectivity index (χ1n) is 7.96. The maximum absolute atomic E-state index is 12.9. The van der Waals surface area contributed by atoms with Gasteiger partial charge < -0.3 is 10.3 Å². The fourth-order valence-electron chi connectivity index (χ4n) is 3.11. The summed E-state index contributed by atoms with van der Waals surface area (Å²) in [5, 5.41) is 0.966. The second-order valence-electron chi connectivity index (χ2n) is 6.16. The molecule has 0 spiro atoms. The number of hydrogen-bond donors (Lipinski definition) is 1. The van der Waals surface area contributed by atoms with Crippen molar-refractivity contribution in [2.24, 2.45) is 12.8 Å². The third-order valence-corrected chi connectivity index (χ3v) is 6.40. The van der Waals surface area contributed by atoms with Crippen molar-refractivity contribution in [3.05, 3.63) is 59.3 Å². The third kappa shape index (κ3) is 3.32. The van der Waals surface area contributed by atoms with Crippen molar-refractivity contribution >= 4 is 33.1 Å². The number of rotatable bonds is 4. The summed E-state index contributed by atoms with van der Waals surface area (Å²) in [6.45, 7) is 4.52. The molecule has 25 heavy (non-hydrogen) atoms. The van der Waals surface area contributed by atoms with E-state index in [1.54, 1.807) is 24.3 Å². The van der Waals surface area contributed by atoms with Gasteiger partial charge in [-0.15, -0.1) is 12.4 Å². The van der Waals surface area contributed by atoms with Crippen molar-refractivity contribution in [2.75, 3.05) is 6.54 Å². The highest BCUT2D eigenvalue weighted by Gasteiger charge is 2.20. The normalized spacial score (nSPS) is 11.5. The van der Waals surface area contributed by atoms with Crippen molar-refractivity contribution in [3.8, 4) is 0 Å². The molecule has 0 radical (unpaired) electrons. The molecule has 0 aliphatic rings. The lowest BCUT2D eigenvalue weighted by Crippen LogP contribution is -2.04. The molecule has 0 bridgehead atoms. The number of fused-ring (bicyclic) bond motifs is 1. The number of hydrogen-bond acceptors (Lipinski definition) is 3. The van der Waals surface area contributed by atoms with Crippen LogP contribution in [0.15, 0.2) is 52.3 Å². The summed E-state index contributed by atoms with van der Waals surface area (Å²) in [6.07, 6.45) is 0.733. The number of halogens is 1. The molecule has 4 nitrogen and oxygen atoms in total. The number of benzene rings is 2. The second kappa shape index (κ2) is 7.20. The molecular formula is C19H23ClN2O2S. The smallest absolute Gasteiger partial charge is 0.206 e. The summed E-state index contributed by atoms with van der Waals surface area (Å²) in [4.78, 5) is 0.642. The Morgan fingerprint density at radius 2 is 1.60 bits per heavy atom. The lowest BCUT2D eigenvalue weighted by molar-refractivity contribution is 0.596. The minimum atomic E-state index is -3.52. The molecule has 1 aromatic heterocycles. The quantitative estimate of drug-likeness (QED) is 0.755. The standard InChI is InChI=1S/C19H22N2O2S.ClH/c1-13-4-6-15(7-5-13)24(22,23)16-8-9-19-18(12-16)17(10-11-20)14(2)21(19)3;/h4-9,12H,10-11,20H2,1-3H3;1H. The molecule has 134 valence electrons. The largest absolute Gasteiger partial charge is 0.348 e. The number of nitrogens with two attached hydrogens (primary N) is 1. The average molecular weight is 379 g/mol. The first-order chi connectivity index (χ1) is 11.4. The van der Waals surface area contributed by atoms with E-state index in [1.165, 1.54) is 0 Å². The number of sulfone groups is 1. The van der Waals surface area contributed by atoms with Crippen LogP contribution in [0.4, 0.5) is 0 Å². The van der Waals surface area contributed by atoms with Crippen LogP contribution in [0.1, 0.15) is 16.8 Å². The zero-order chi connectivity index (χ0) is 17.5. The van der Waals surface area contributed by atoms with Gasteiger partial charge in [0, 0.05) is 23.6 Å². The van der Waals surface area contributed by atoms with Gasteiger partial charge in [-0.05, 0) is 62.7 Å². The van der Waals surface area contributed by atoms with Gasteiger partial charge in [0.15, 0.2) is 0 Å². The maximum atomic E-state index is 12.9. The van der Waals surface area contributed by atoms with Crippen LogP contribution < -0.4 is 5.73 Å². The first kappa shape index (κ1) is 19.5. The molecule has 3 rings (SSSR count). The molecule has 0 saturated carbocycles. The summed E-state index contributed by atoms with van der Waals surface area (Å²) in [7, 11) is -1.53. The predicted octanol–water partition coefficient (Wildman–Crippen LogP) is 3.55. The number of nitrogens with zero attached hydrogens (tertiary/aromatic N) is 1. The molecule has 3 aromatic rings. The molecule has 2 N–H and O–H groups in total. The van der Waals surface area contributed by atoms with Gasteiger partial charge in [0.2, 0.25) is 9.84 Å². The van der Waals surface area contributed by atoms with E-state index in [-0.39, 0.29) is 12.4 Å². The van der Waals surface area contributed by atoms with Gasteiger partial charge in [-0.1, -0.05) is 17.7 Å². The SMILES string of the molecule is Cc1ccc(S(=O)(=O)c2ccc3c(c2)c(CCN)c(C)n3C)cc1.Cl. The molecule has 0 amide bonds. The van der Waals surface area contributed by atoms with E-state index in [0.717, 1.165) is 34.1 Å². The van der Waals surface area contributed by atoms with Crippen molar-refractivity contribution in [2.45, 2.75) is 30.1 Å². The second-order valence-corrected chi connectivity index (χ2v) is 8.11. The summed E-state index contributed by atoms with van der Waals surface area (Å²) < 4.78 is 27.9. The lowest BCUT2D eigenvalue weighted by atomic mass is 10.1. The van der Waals surface area contributed by atoms with E-state index >= 15 is 0 Å². The molecule has 1 heterocycles. The average Bonchev–Trinajstić information content (AvgIpc) is 2.80. The molecule has 0 aliphatic heterocycles. The zero-order valence-electron chi connectivity index (χ0n) is 14.6. The van der Waals surface area contributed by atoms with Crippen LogP contribution in [0.25, 0.3) is 10.9 Å². The molecular weight excluding hydrogens is 356 g/mol. The molecule has 0 saturated heterocycles. The maximum Gasteiger partial charge on any atom is 0.206 e. The minimum Gasteiger partial charge on any atom is -0.348 e. The Morgan fingerprint density at radius 1 is 1.00 bits per heavy atom. The molecule has 0 fully saturated rings. The summed E-state index contributed by atoms with van der Waals surface area (Å²) in [6, 6.07) is 12.3. The summed E-state index contributed by atoms with van der Waals surface area (Å²) in [5.74, 6) is 0. The van der Waals surface area contributed by atoms with Crippen LogP contribution >= 0.6 is 12.4 Å². The van der Waals surface area contributed by atoms with Gasteiger partial charge in [-0.3, -0.25) is 0 Å². The monoisotopic (exact) mass is 378 g/mol. The summed E-state index contributed by atoms with van der Waals surface area (Å²) >= 11 is 0. The molecule has 0 aliphatic carbocycles. The lowest BCUT2D eigenvalue weighted by Gasteiger charge is -2.06. The Labute approximate surface area is 155 Å². The highest BCUT2D eigenvalue weighted by atomic mass is 35.5. The van der Waals surface area contributed by atoms with Crippen molar-refractivity contribution in [3.63, 3.8) is 0 Å². The topological polar surface area (TPSA) is 65.1 Å². The molecule has 0 atom stereocenters. The fourth-order valence-corrected chi connectivity index (χ4v) is 4.39. The number of aromatic nitrogens is 1. The van der Waals surface area contributed by atoms with Gasteiger partial charge in [0.1, 0.15) is 0 Å². The van der Waals surface area contributed by atoms with Crippen LogP contribution in [0.3, 0.4) is 0 Å². The third-order valence-electron chi connectivity index (χ3n) is 4.63. The van der Waals surface area contributed by atoms with Crippen LogP contribution in [-0.4, -0.2) is 19.5 Å². The highest BCUT2D eigenvalue weighted by Crippen LogP contribution is 2.30. The Morgan fingerprint density at radius 3 is 2.20 bits per heavy atom. The van der Waals surface area contributed by atoms with Gasteiger partial charge in [-0.25, -0.2) is 8.42 Å². The van der Waals surface area contributed by atoms with Crippen molar-refractivity contribution in [1.29, 1.82) is 0 Å². The Balaban J connectivity index is 0.00000225. The first-order valence-corrected chi connectivity index (χ1v) is 9.44. The van der Waals surface area contributed by atoms with Crippen LogP contribution in [0.5, 0.6) is 0 Å². The number of aryl methyl sites for hydroxylation is 2. The summed E-state index contributed by atoms with van der Waals surface area (Å²) in [5.41, 5.74) is 10.0. The van der Waals surface area contributed by atoms with Gasteiger partial charge >= 0.3 is 0 Å². The van der Waals surface area contributed by atoms with Gasteiger partial charge in [-0.2, -0.15) is 0 Å². The predicted molar refractivity (Wildman–Crippen MR) is 104 cm³/mol. The van der Waals surface area contributed by atoms with E-state index in [0.29, 0.717) is 16.3 Å².